The summed E-state index contributed by atoms with van der Waals surface area (Å²) in [7, 11) is 1.88. The molecule has 1 aromatic rings. The molecule has 0 radical (unpaired) electrons. The normalized spacial score (nSPS) is 19.1. The fourth-order valence-corrected chi connectivity index (χ4v) is 4.38. The molecule has 0 bridgehead atoms. The van der Waals surface area contributed by atoms with Gasteiger partial charge in [-0.15, -0.1) is 11.3 Å². The highest BCUT2D eigenvalue weighted by atomic mass is 32.1. The zero-order chi connectivity index (χ0) is 18.4. The number of rotatable bonds is 6. The standard InChI is InChI=1S/C19H35N5S/c1-7-23(8-2)15-10-12-24(13-15)18(20-6)21-11-9-17-22-16(14-25-17)19(3,4)5/h14-15H,7-13H2,1-6H3,(H,20,21). The average Bonchev–Trinajstić information content (AvgIpc) is 3.22. The Bertz CT molecular complexity index is 556. The summed E-state index contributed by atoms with van der Waals surface area (Å²) >= 11 is 1.77. The van der Waals surface area contributed by atoms with E-state index in [-0.39, 0.29) is 5.41 Å². The fraction of sp³-hybridized carbons (Fsp3) is 0.789. The van der Waals surface area contributed by atoms with Crippen molar-refractivity contribution in [1.29, 1.82) is 0 Å². The molecule has 1 aliphatic heterocycles. The first kappa shape index (κ1) is 20.2. The number of nitrogens with one attached hydrogen (secondary N) is 1. The molecule has 6 heteroatoms. The van der Waals surface area contributed by atoms with E-state index in [2.05, 4.69) is 60.1 Å². The number of nitrogens with zero attached hydrogens (tertiary/aromatic N) is 4. The molecule has 25 heavy (non-hydrogen) atoms. The van der Waals surface area contributed by atoms with E-state index in [0.29, 0.717) is 6.04 Å². The van der Waals surface area contributed by atoms with Gasteiger partial charge in [0.2, 0.25) is 0 Å². The van der Waals surface area contributed by atoms with Gasteiger partial charge >= 0.3 is 0 Å². The lowest BCUT2D eigenvalue weighted by atomic mass is 9.93. The molecular weight excluding hydrogens is 330 g/mol. The highest BCUT2D eigenvalue weighted by Crippen LogP contribution is 2.24. The quantitative estimate of drug-likeness (QED) is 0.622. The van der Waals surface area contributed by atoms with Crippen LogP contribution in [0.2, 0.25) is 0 Å². The average molecular weight is 366 g/mol. The molecular formula is C19H35N5S. The van der Waals surface area contributed by atoms with Crippen LogP contribution in [0.5, 0.6) is 0 Å². The molecule has 0 amide bonds. The lowest BCUT2D eigenvalue weighted by molar-refractivity contribution is 0.223. The largest absolute Gasteiger partial charge is 0.356 e. The molecule has 0 aliphatic carbocycles. The van der Waals surface area contributed by atoms with Crippen molar-refractivity contribution in [3.05, 3.63) is 16.1 Å². The molecule has 0 saturated carbocycles. The van der Waals surface area contributed by atoms with Gasteiger partial charge in [0.15, 0.2) is 5.96 Å². The number of likely N-dealkylation sites (tertiary alicyclic amines) is 1. The maximum absolute atomic E-state index is 4.78. The minimum atomic E-state index is 0.132. The van der Waals surface area contributed by atoms with Crippen LogP contribution in [0.4, 0.5) is 0 Å². The Hall–Kier alpha value is -1.14. The van der Waals surface area contributed by atoms with Crippen molar-refractivity contribution in [3.63, 3.8) is 0 Å². The van der Waals surface area contributed by atoms with Crippen molar-refractivity contribution < 1.29 is 0 Å². The highest BCUT2D eigenvalue weighted by Gasteiger charge is 2.27. The summed E-state index contributed by atoms with van der Waals surface area (Å²) in [5, 5.41) is 6.93. The van der Waals surface area contributed by atoms with Crippen molar-refractivity contribution in [3.8, 4) is 0 Å². The van der Waals surface area contributed by atoms with Gasteiger partial charge in [-0.05, 0) is 19.5 Å². The third-order valence-electron chi connectivity index (χ3n) is 4.95. The molecule has 2 heterocycles. The van der Waals surface area contributed by atoms with E-state index in [1.807, 2.05) is 7.05 Å². The minimum absolute atomic E-state index is 0.132. The molecule has 1 fully saturated rings. The van der Waals surface area contributed by atoms with Crippen LogP contribution in [0, 0.1) is 0 Å². The van der Waals surface area contributed by atoms with Gasteiger partial charge in [-0.25, -0.2) is 4.98 Å². The predicted octanol–water partition coefficient (Wildman–Crippen LogP) is 2.97. The zero-order valence-electron chi connectivity index (χ0n) is 16.8. The maximum Gasteiger partial charge on any atom is 0.193 e. The third kappa shape index (κ3) is 5.42. The van der Waals surface area contributed by atoms with E-state index in [1.54, 1.807) is 11.3 Å². The van der Waals surface area contributed by atoms with E-state index in [0.717, 1.165) is 45.1 Å². The lowest BCUT2D eigenvalue weighted by Gasteiger charge is -2.27. The molecule has 1 aliphatic rings. The van der Waals surface area contributed by atoms with Crippen molar-refractivity contribution in [2.45, 2.75) is 58.9 Å². The van der Waals surface area contributed by atoms with Gasteiger partial charge in [0.05, 0.1) is 10.7 Å². The molecule has 1 unspecified atom stereocenters. The number of thiazole rings is 1. The summed E-state index contributed by atoms with van der Waals surface area (Å²) < 4.78 is 0. The van der Waals surface area contributed by atoms with Crippen LogP contribution < -0.4 is 5.32 Å². The van der Waals surface area contributed by atoms with E-state index in [1.165, 1.54) is 17.1 Å². The Morgan fingerprint density at radius 2 is 2.12 bits per heavy atom. The molecule has 2 rings (SSSR count). The summed E-state index contributed by atoms with van der Waals surface area (Å²) in [6.07, 6.45) is 2.18. The first-order chi connectivity index (χ1) is 11.9. The summed E-state index contributed by atoms with van der Waals surface area (Å²) in [5.74, 6) is 1.03. The van der Waals surface area contributed by atoms with Crippen molar-refractivity contribution in [2.24, 2.45) is 4.99 Å². The topological polar surface area (TPSA) is 43.8 Å². The second-order valence-corrected chi connectivity index (χ2v) is 8.65. The Morgan fingerprint density at radius 1 is 1.40 bits per heavy atom. The molecule has 1 aromatic heterocycles. The second-order valence-electron chi connectivity index (χ2n) is 7.71. The van der Waals surface area contributed by atoms with Crippen molar-refractivity contribution in [1.82, 2.24) is 20.1 Å². The smallest absolute Gasteiger partial charge is 0.193 e. The van der Waals surface area contributed by atoms with Gasteiger partial charge in [-0.1, -0.05) is 34.6 Å². The van der Waals surface area contributed by atoms with Crippen LogP contribution in [0.25, 0.3) is 0 Å². The summed E-state index contributed by atoms with van der Waals surface area (Å²) in [5.41, 5.74) is 1.33. The minimum Gasteiger partial charge on any atom is -0.356 e. The van der Waals surface area contributed by atoms with Gasteiger partial charge in [-0.2, -0.15) is 0 Å². The highest BCUT2D eigenvalue weighted by molar-refractivity contribution is 7.09. The first-order valence-corrected chi connectivity index (χ1v) is 10.4. The van der Waals surface area contributed by atoms with Crippen LogP contribution in [-0.2, 0) is 11.8 Å². The van der Waals surface area contributed by atoms with Crippen LogP contribution >= 0.6 is 11.3 Å². The van der Waals surface area contributed by atoms with Gasteiger partial charge < -0.3 is 10.2 Å². The van der Waals surface area contributed by atoms with E-state index in [4.69, 9.17) is 4.98 Å². The van der Waals surface area contributed by atoms with E-state index < -0.39 is 0 Å². The Balaban J connectivity index is 1.82. The van der Waals surface area contributed by atoms with Crippen LogP contribution in [-0.4, -0.2) is 66.6 Å². The number of hydrogen-bond acceptors (Lipinski definition) is 4. The number of aliphatic imine (C=N–C) groups is 1. The predicted molar refractivity (Wildman–Crippen MR) is 109 cm³/mol. The van der Waals surface area contributed by atoms with Crippen LogP contribution in [0.3, 0.4) is 0 Å². The number of likely N-dealkylation sites (N-methyl/N-ethyl adjacent to an activating group) is 1. The fourth-order valence-electron chi connectivity index (χ4n) is 3.36. The van der Waals surface area contributed by atoms with Gasteiger partial charge in [0.1, 0.15) is 0 Å². The molecule has 1 atom stereocenters. The summed E-state index contributed by atoms with van der Waals surface area (Å²) in [4.78, 5) is 14.2. The molecule has 1 saturated heterocycles. The summed E-state index contributed by atoms with van der Waals surface area (Å²) in [6.45, 7) is 16.4. The molecule has 142 valence electrons. The summed E-state index contributed by atoms with van der Waals surface area (Å²) in [6, 6.07) is 0.654. The Morgan fingerprint density at radius 3 is 2.68 bits per heavy atom. The maximum atomic E-state index is 4.78. The van der Waals surface area contributed by atoms with Gasteiger partial charge in [0, 0.05) is 49.9 Å². The number of guanidine groups is 1. The van der Waals surface area contributed by atoms with Gasteiger partial charge in [0.25, 0.3) is 0 Å². The molecule has 0 spiro atoms. The molecule has 1 N–H and O–H groups in total. The Labute approximate surface area is 157 Å². The molecule has 5 nitrogen and oxygen atoms in total. The third-order valence-corrected chi connectivity index (χ3v) is 5.85. The lowest BCUT2D eigenvalue weighted by Crippen LogP contribution is -2.43. The number of aromatic nitrogens is 1. The second kappa shape index (κ2) is 8.99. The molecule has 0 aromatic carbocycles. The van der Waals surface area contributed by atoms with E-state index in [9.17, 15) is 0 Å². The first-order valence-electron chi connectivity index (χ1n) is 9.53. The van der Waals surface area contributed by atoms with Crippen molar-refractivity contribution >= 4 is 17.3 Å². The Kier molecular flexibility index (Phi) is 7.25. The van der Waals surface area contributed by atoms with Crippen molar-refractivity contribution in [2.75, 3.05) is 39.8 Å². The monoisotopic (exact) mass is 365 g/mol. The SMILES string of the molecule is CCN(CC)C1CCN(C(=NC)NCCc2nc(C(C)(C)C)cs2)C1. The van der Waals surface area contributed by atoms with Crippen LogP contribution in [0.1, 0.15) is 51.7 Å². The van der Waals surface area contributed by atoms with E-state index >= 15 is 0 Å². The zero-order valence-corrected chi connectivity index (χ0v) is 17.6. The number of hydrogen-bond donors (Lipinski definition) is 1. The van der Waals surface area contributed by atoms with Gasteiger partial charge in [-0.3, -0.25) is 9.89 Å². The van der Waals surface area contributed by atoms with Crippen LogP contribution in [0.15, 0.2) is 10.4 Å².